The van der Waals surface area contributed by atoms with Crippen molar-refractivity contribution in [2.24, 2.45) is 0 Å². The molecule has 0 aromatic carbocycles. The van der Waals surface area contributed by atoms with E-state index in [-0.39, 0.29) is 16.4 Å². The van der Waals surface area contributed by atoms with Crippen molar-refractivity contribution in [2.75, 3.05) is 0 Å². The fraction of sp³-hybridized carbons (Fsp3) is 0.462. The molecule has 17 heavy (non-hydrogen) atoms. The zero-order valence-corrected chi connectivity index (χ0v) is 11.4. The number of hydrogen-bond acceptors (Lipinski definition) is 3. The maximum atomic E-state index is 11.1. The molecule has 1 aromatic heterocycles. The van der Waals surface area contributed by atoms with E-state index in [4.69, 9.17) is 9.84 Å². The number of carboxylic acids is 1. The summed E-state index contributed by atoms with van der Waals surface area (Å²) in [6.07, 6.45) is 1.44. The molecule has 0 fully saturated rings. The van der Waals surface area contributed by atoms with Gasteiger partial charge in [-0.15, -0.1) is 11.3 Å². The number of carboxylic acid groups (broad SMARTS) is 1. The van der Waals surface area contributed by atoms with Gasteiger partial charge in [-0.3, -0.25) is 0 Å². The summed E-state index contributed by atoms with van der Waals surface area (Å²) in [5, 5.41) is 9.13. The van der Waals surface area contributed by atoms with Crippen LogP contribution in [-0.4, -0.2) is 17.2 Å². The fourth-order valence-corrected chi connectivity index (χ4v) is 2.22. The van der Waals surface area contributed by atoms with Gasteiger partial charge >= 0.3 is 5.97 Å². The van der Waals surface area contributed by atoms with Gasteiger partial charge in [0.2, 0.25) is 0 Å². The highest BCUT2D eigenvalue weighted by Crippen LogP contribution is 2.37. The van der Waals surface area contributed by atoms with Crippen molar-refractivity contribution in [2.45, 2.75) is 39.2 Å². The third kappa shape index (κ3) is 3.33. The molecule has 0 saturated heterocycles. The van der Waals surface area contributed by atoms with E-state index in [2.05, 4.69) is 6.58 Å². The van der Waals surface area contributed by atoms with E-state index < -0.39 is 5.97 Å². The first-order valence-corrected chi connectivity index (χ1v) is 6.24. The molecular weight excluding hydrogens is 236 g/mol. The summed E-state index contributed by atoms with van der Waals surface area (Å²) in [6.45, 7) is 11.6. The second kappa shape index (κ2) is 4.92. The Morgan fingerprint density at radius 3 is 2.59 bits per heavy atom. The number of thiophene rings is 1. The van der Waals surface area contributed by atoms with Crippen LogP contribution >= 0.6 is 11.3 Å². The lowest BCUT2D eigenvalue weighted by molar-refractivity contribution is 0.0697. The lowest BCUT2D eigenvalue weighted by Crippen LogP contribution is -2.09. The maximum Gasteiger partial charge on any atom is 0.349 e. The average Bonchev–Trinajstić information content (AvgIpc) is 2.61. The van der Waals surface area contributed by atoms with Crippen LogP contribution in [0.5, 0.6) is 5.75 Å². The Morgan fingerprint density at radius 1 is 1.59 bits per heavy atom. The van der Waals surface area contributed by atoms with Crippen LogP contribution in [0.1, 0.15) is 42.2 Å². The molecule has 0 aliphatic rings. The van der Waals surface area contributed by atoms with E-state index in [0.717, 1.165) is 4.88 Å². The van der Waals surface area contributed by atoms with Crippen molar-refractivity contribution in [3.05, 3.63) is 28.5 Å². The highest BCUT2D eigenvalue weighted by molar-refractivity contribution is 7.14. The minimum Gasteiger partial charge on any atom is -0.485 e. The Morgan fingerprint density at radius 2 is 2.18 bits per heavy atom. The topological polar surface area (TPSA) is 46.5 Å². The molecular formula is C13H18O3S. The number of carbonyl (C=O) groups is 1. The molecule has 0 amide bonds. The molecule has 1 rings (SSSR count). The first-order valence-electron chi connectivity index (χ1n) is 5.42. The summed E-state index contributed by atoms with van der Waals surface area (Å²) in [4.78, 5) is 12.4. The molecule has 0 aliphatic heterocycles. The number of ether oxygens (including phenoxy) is 1. The predicted octanol–water partition coefficient (Wildman–Crippen LogP) is 3.70. The molecule has 0 spiro atoms. The molecule has 1 aromatic rings. The monoisotopic (exact) mass is 254 g/mol. The van der Waals surface area contributed by atoms with Crippen LogP contribution in [0.25, 0.3) is 0 Å². The summed E-state index contributed by atoms with van der Waals surface area (Å²) in [5.41, 5.74) is -0.0755. The molecule has 3 nitrogen and oxygen atoms in total. The smallest absolute Gasteiger partial charge is 0.349 e. The summed E-state index contributed by atoms with van der Waals surface area (Å²) in [6, 6.07) is 1.81. The van der Waals surface area contributed by atoms with Crippen molar-refractivity contribution < 1.29 is 14.6 Å². The minimum absolute atomic E-state index is 0.0755. The van der Waals surface area contributed by atoms with Crippen LogP contribution in [0.4, 0.5) is 0 Å². The van der Waals surface area contributed by atoms with Gasteiger partial charge in [0.15, 0.2) is 4.88 Å². The highest BCUT2D eigenvalue weighted by atomic mass is 32.1. The van der Waals surface area contributed by atoms with Crippen molar-refractivity contribution >= 4 is 17.3 Å². The average molecular weight is 254 g/mol. The van der Waals surface area contributed by atoms with Gasteiger partial charge in [0, 0.05) is 4.88 Å². The van der Waals surface area contributed by atoms with Crippen molar-refractivity contribution in [3.8, 4) is 5.75 Å². The van der Waals surface area contributed by atoms with Crippen LogP contribution < -0.4 is 4.74 Å². The van der Waals surface area contributed by atoms with Gasteiger partial charge in [0.05, 0.1) is 0 Å². The number of hydrogen-bond donors (Lipinski definition) is 1. The lowest BCUT2D eigenvalue weighted by atomic mass is 9.95. The van der Waals surface area contributed by atoms with Crippen molar-refractivity contribution in [1.29, 1.82) is 0 Å². The SMILES string of the molecule is C=CC(C)Oc1cc(C(C)(C)C)sc1C(=O)O. The Balaban J connectivity index is 3.14. The second-order valence-electron chi connectivity index (χ2n) is 4.92. The van der Waals surface area contributed by atoms with E-state index in [0.29, 0.717) is 5.75 Å². The van der Waals surface area contributed by atoms with Crippen LogP contribution in [0.2, 0.25) is 0 Å². The quantitative estimate of drug-likeness (QED) is 0.833. The lowest BCUT2D eigenvalue weighted by Gasteiger charge is -2.15. The van der Waals surface area contributed by atoms with E-state index in [1.54, 1.807) is 6.08 Å². The van der Waals surface area contributed by atoms with Crippen LogP contribution in [0.15, 0.2) is 18.7 Å². The molecule has 0 radical (unpaired) electrons. The first kappa shape index (κ1) is 13.8. The molecule has 1 heterocycles. The predicted molar refractivity (Wildman–Crippen MR) is 70.3 cm³/mol. The molecule has 0 saturated carbocycles. The van der Waals surface area contributed by atoms with Crippen LogP contribution in [0.3, 0.4) is 0 Å². The van der Waals surface area contributed by atoms with E-state index in [9.17, 15) is 4.79 Å². The largest absolute Gasteiger partial charge is 0.485 e. The molecule has 1 unspecified atom stereocenters. The van der Waals surface area contributed by atoms with Gasteiger partial charge in [-0.2, -0.15) is 0 Å². The Labute approximate surface area is 106 Å². The Kier molecular flexibility index (Phi) is 3.98. The van der Waals surface area contributed by atoms with Gasteiger partial charge in [-0.05, 0) is 18.4 Å². The van der Waals surface area contributed by atoms with Crippen LogP contribution in [-0.2, 0) is 5.41 Å². The van der Waals surface area contributed by atoms with Gasteiger partial charge < -0.3 is 9.84 Å². The van der Waals surface area contributed by atoms with Gasteiger partial charge in [0.25, 0.3) is 0 Å². The second-order valence-corrected chi connectivity index (χ2v) is 5.97. The first-order chi connectivity index (χ1) is 7.75. The Hall–Kier alpha value is -1.29. The van der Waals surface area contributed by atoms with E-state index in [1.165, 1.54) is 11.3 Å². The third-order valence-corrected chi connectivity index (χ3v) is 3.81. The summed E-state index contributed by atoms with van der Waals surface area (Å²) in [7, 11) is 0. The molecule has 94 valence electrons. The standard InChI is InChI=1S/C13H18O3S/c1-6-8(2)16-9-7-10(13(3,4)5)17-11(9)12(14)15/h6-8H,1H2,2-5H3,(H,14,15). The van der Waals surface area contributed by atoms with Gasteiger partial charge in [0.1, 0.15) is 11.9 Å². The van der Waals surface area contributed by atoms with E-state index in [1.807, 2.05) is 33.8 Å². The van der Waals surface area contributed by atoms with Crippen molar-refractivity contribution in [1.82, 2.24) is 0 Å². The number of rotatable bonds is 4. The summed E-state index contributed by atoms with van der Waals surface area (Å²) < 4.78 is 5.54. The maximum absolute atomic E-state index is 11.1. The fourth-order valence-electron chi connectivity index (χ4n) is 1.23. The zero-order valence-electron chi connectivity index (χ0n) is 10.6. The number of aromatic carboxylic acids is 1. The Bertz CT molecular complexity index is 426. The molecule has 0 aliphatic carbocycles. The van der Waals surface area contributed by atoms with Gasteiger partial charge in [-0.1, -0.05) is 33.4 Å². The van der Waals surface area contributed by atoms with Crippen LogP contribution in [0, 0.1) is 0 Å². The molecule has 1 atom stereocenters. The zero-order chi connectivity index (χ0) is 13.2. The normalized spacial score (nSPS) is 13.2. The summed E-state index contributed by atoms with van der Waals surface area (Å²) >= 11 is 1.27. The minimum atomic E-state index is -0.947. The molecule has 0 bridgehead atoms. The molecule has 4 heteroatoms. The highest BCUT2D eigenvalue weighted by Gasteiger charge is 2.24. The van der Waals surface area contributed by atoms with E-state index >= 15 is 0 Å². The molecule has 1 N–H and O–H groups in total. The van der Waals surface area contributed by atoms with Crippen molar-refractivity contribution in [3.63, 3.8) is 0 Å². The van der Waals surface area contributed by atoms with Gasteiger partial charge in [-0.25, -0.2) is 4.79 Å². The summed E-state index contributed by atoms with van der Waals surface area (Å²) in [5.74, 6) is -0.517. The third-order valence-electron chi connectivity index (χ3n) is 2.28.